The van der Waals surface area contributed by atoms with Crippen LogP contribution >= 0.6 is 0 Å². The van der Waals surface area contributed by atoms with Crippen molar-refractivity contribution in [3.05, 3.63) is 29.8 Å². The summed E-state index contributed by atoms with van der Waals surface area (Å²) in [4.78, 5) is 6.64. The minimum atomic E-state index is -0.269. The molecule has 0 aromatic carbocycles. The Morgan fingerprint density at radius 3 is 3.06 bits per heavy atom. The van der Waals surface area contributed by atoms with Gasteiger partial charge in [0.25, 0.3) is 0 Å². The van der Waals surface area contributed by atoms with Gasteiger partial charge in [0, 0.05) is 18.6 Å². The van der Waals surface area contributed by atoms with Gasteiger partial charge in [-0.3, -0.25) is 9.88 Å². The molecule has 1 aliphatic heterocycles. The Labute approximate surface area is 102 Å². The van der Waals surface area contributed by atoms with E-state index in [4.69, 9.17) is 0 Å². The summed E-state index contributed by atoms with van der Waals surface area (Å²) in [6, 6.07) is 4.11. The second-order valence-corrected chi connectivity index (χ2v) is 4.67. The molecule has 2 heterocycles. The molecule has 3 nitrogen and oxygen atoms in total. The van der Waals surface area contributed by atoms with Gasteiger partial charge >= 0.3 is 0 Å². The smallest absolute Gasteiger partial charge is 0.141 e. The van der Waals surface area contributed by atoms with Crippen molar-refractivity contribution in [3.8, 4) is 0 Å². The van der Waals surface area contributed by atoms with Crippen LogP contribution in [0, 0.1) is 5.82 Å². The van der Waals surface area contributed by atoms with Crippen molar-refractivity contribution in [1.82, 2.24) is 15.2 Å². The number of halogens is 1. The molecule has 1 saturated heterocycles. The average molecular weight is 237 g/mol. The number of pyridine rings is 1. The molecule has 17 heavy (non-hydrogen) atoms. The molecule has 0 radical (unpaired) electrons. The molecule has 1 aliphatic rings. The summed E-state index contributed by atoms with van der Waals surface area (Å²) >= 11 is 0. The molecule has 0 spiro atoms. The van der Waals surface area contributed by atoms with E-state index >= 15 is 0 Å². The number of hydrogen-bond acceptors (Lipinski definition) is 3. The largest absolute Gasteiger partial charge is 0.318 e. The SMILES string of the molecule is CNCC1CCCN1C(C)c1ccc(F)cn1. The van der Waals surface area contributed by atoms with E-state index in [9.17, 15) is 4.39 Å². The molecule has 1 aromatic rings. The van der Waals surface area contributed by atoms with Crippen LogP contribution in [0.25, 0.3) is 0 Å². The number of nitrogens with zero attached hydrogens (tertiary/aromatic N) is 2. The summed E-state index contributed by atoms with van der Waals surface area (Å²) in [5, 5.41) is 3.23. The Kier molecular flexibility index (Phi) is 4.07. The fourth-order valence-corrected chi connectivity index (χ4v) is 2.63. The van der Waals surface area contributed by atoms with Crippen LogP contribution in [0.5, 0.6) is 0 Å². The molecule has 0 amide bonds. The first kappa shape index (κ1) is 12.5. The molecule has 94 valence electrons. The van der Waals surface area contributed by atoms with Crippen LogP contribution in [-0.2, 0) is 0 Å². The lowest BCUT2D eigenvalue weighted by molar-refractivity contribution is 0.187. The molecule has 0 aliphatic carbocycles. The first-order chi connectivity index (χ1) is 8.22. The Morgan fingerprint density at radius 2 is 2.41 bits per heavy atom. The van der Waals surface area contributed by atoms with Crippen molar-refractivity contribution < 1.29 is 4.39 Å². The van der Waals surface area contributed by atoms with Crippen LogP contribution < -0.4 is 5.32 Å². The van der Waals surface area contributed by atoms with Crippen LogP contribution in [0.4, 0.5) is 4.39 Å². The third kappa shape index (κ3) is 2.82. The quantitative estimate of drug-likeness (QED) is 0.867. The first-order valence-electron chi connectivity index (χ1n) is 6.24. The van der Waals surface area contributed by atoms with Gasteiger partial charge in [0.15, 0.2) is 0 Å². The van der Waals surface area contributed by atoms with E-state index in [0.29, 0.717) is 6.04 Å². The number of rotatable bonds is 4. The van der Waals surface area contributed by atoms with Crippen molar-refractivity contribution in [2.24, 2.45) is 0 Å². The topological polar surface area (TPSA) is 28.2 Å². The number of aromatic nitrogens is 1. The molecule has 4 heteroatoms. The minimum absolute atomic E-state index is 0.261. The van der Waals surface area contributed by atoms with Crippen molar-refractivity contribution in [1.29, 1.82) is 0 Å². The van der Waals surface area contributed by atoms with Gasteiger partial charge in [-0.05, 0) is 45.5 Å². The second-order valence-electron chi connectivity index (χ2n) is 4.67. The third-order valence-corrected chi connectivity index (χ3v) is 3.54. The maximum Gasteiger partial charge on any atom is 0.141 e. The Morgan fingerprint density at radius 1 is 1.59 bits per heavy atom. The van der Waals surface area contributed by atoms with Gasteiger partial charge in [-0.25, -0.2) is 4.39 Å². The van der Waals surface area contributed by atoms with E-state index < -0.39 is 0 Å². The molecule has 2 unspecified atom stereocenters. The van der Waals surface area contributed by atoms with Crippen LogP contribution in [0.2, 0.25) is 0 Å². The monoisotopic (exact) mass is 237 g/mol. The zero-order valence-electron chi connectivity index (χ0n) is 10.5. The molecule has 0 bridgehead atoms. The summed E-state index contributed by atoms with van der Waals surface area (Å²) in [6.45, 7) is 4.26. The molecule has 0 saturated carbocycles. The number of hydrogen-bond donors (Lipinski definition) is 1. The molecule has 2 atom stereocenters. The average Bonchev–Trinajstić information content (AvgIpc) is 2.78. The number of likely N-dealkylation sites (N-methyl/N-ethyl adjacent to an activating group) is 1. The van der Waals surface area contributed by atoms with Crippen molar-refractivity contribution in [2.75, 3.05) is 20.1 Å². The molecular weight excluding hydrogens is 217 g/mol. The van der Waals surface area contributed by atoms with Gasteiger partial charge in [0.05, 0.1) is 11.9 Å². The van der Waals surface area contributed by atoms with Crippen LogP contribution in [-0.4, -0.2) is 36.1 Å². The maximum atomic E-state index is 12.8. The lowest BCUT2D eigenvalue weighted by Crippen LogP contribution is -2.38. The van der Waals surface area contributed by atoms with Crippen molar-refractivity contribution >= 4 is 0 Å². The lowest BCUT2D eigenvalue weighted by Gasteiger charge is -2.30. The summed E-state index contributed by atoms with van der Waals surface area (Å²) in [6.07, 6.45) is 3.76. The molecular formula is C13H20FN3. The highest BCUT2D eigenvalue weighted by Gasteiger charge is 2.29. The number of likely N-dealkylation sites (tertiary alicyclic amines) is 1. The highest BCUT2D eigenvalue weighted by atomic mass is 19.1. The predicted molar refractivity (Wildman–Crippen MR) is 66.3 cm³/mol. The molecule has 1 N–H and O–H groups in total. The second kappa shape index (κ2) is 5.56. The molecule has 1 aromatic heterocycles. The van der Waals surface area contributed by atoms with E-state index in [1.165, 1.54) is 25.1 Å². The van der Waals surface area contributed by atoms with E-state index in [-0.39, 0.29) is 11.9 Å². The van der Waals surface area contributed by atoms with Crippen LogP contribution in [0.3, 0.4) is 0 Å². The zero-order chi connectivity index (χ0) is 12.3. The van der Waals surface area contributed by atoms with E-state index in [2.05, 4.69) is 22.1 Å². The van der Waals surface area contributed by atoms with Gasteiger partial charge in [-0.2, -0.15) is 0 Å². The van der Waals surface area contributed by atoms with Gasteiger partial charge in [-0.1, -0.05) is 0 Å². The van der Waals surface area contributed by atoms with E-state index in [0.717, 1.165) is 18.8 Å². The fraction of sp³-hybridized carbons (Fsp3) is 0.615. The minimum Gasteiger partial charge on any atom is -0.318 e. The van der Waals surface area contributed by atoms with Crippen LogP contribution in [0.15, 0.2) is 18.3 Å². The Balaban J connectivity index is 2.08. The molecule has 1 fully saturated rings. The summed E-state index contributed by atoms with van der Waals surface area (Å²) in [7, 11) is 1.98. The lowest BCUT2D eigenvalue weighted by atomic mass is 10.1. The zero-order valence-corrected chi connectivity index (χ0v) is 10.5. The normalized spacial score (nSPS) is 22.9. The van der Waals surface area contributed by atoms with Gasteiger partial charge in [0.2, 0.25) is 0 Å². The Hall–Kier alpha value is -1.00. The third-order valence-electron chi connectivity index (χ3n) is 3.54. The highest BCUT2D eigenvalue weighted by Crippen LogP contribution is 2.27. The standard InChI is InChI=1S/C13H20FN3/c1-10(13-6-5-11(14)8-16-13)17-7-3-4-12(17)9-15-2/h5-6,8,10,12,15H,3-4,7,9H2,1-2H3. The van der Waals surface area contributed by atoms with Gasteiger partial charge in [-0.15, -0.1) is 0 Å². The summed E-state index contributed by atoms with van der Waals surface area (Å²) in [5.41, 5.74) is 0.953. The predicted octanol–water partition coefficient (Wildman–Crippen LogP) is 1.97. The summed E-state index contributed by atoms with van der Waals surface area (Å²) < 4.78 is 12.8. The van der Waals surface area contributed by atoms with Crippen molar-refractivity contribution in [2.45, 2.75) is 31.8 Å². The van der Waals surface area contributed by atoms with Gasteiger partial charge < -0.3 is 5.32 Å². The molecule has 2 rings (SSSR count). The first-order valence-corrected chi connectivity index (χ1v) is 6.24. The van der Waals surface area contributed by atoms with Gasteiger partial charge in [0.1, 0.15) is 5.82 Å². The van der Waals surface area contributed by atoms with E-state index in [1.54, 1.807) is 6.07 Å². The Bertz CT molecular complexity index is 352. The fourth-order valence-electron chi connectivity index (χ4n) is 2.63. The van der Waals surface area contributed by atoms with Crippen molar-refractivity contribution in [3.63, 3.8) is 0 Å². The van der Waals surface area contributed by atoms with E-state index in [1.807, 2.05) is 7.05 Å². The summed E-state index contributed by atoms with van der Waals surface area (Å²) in [5.74, 6) is -0.269. The maximum absolute atomic E-state index is 12.8. The number of nitrogens with one attached hydrogen (secondary N) is 1. The highest BCUT2D eigenvalue weighted by molar-refractivity contribution is 5.10. The van der Waals surface area contributed by atoms with Crippen LogP contribution in [0.1, 0.15) is 31.5 Å².